The number of nitrogens with zero attached hydrogens (tertiary/aromatic N) is 5. The number of halogens is 3. The Morgan fingerprint density at radius 2 is 2.00 bits per heavy atom. The zero-order valence-electron chi connectivity index (χ0n) is 13.1. The van der Waals surface area contributed by atoms with Gasteiger partial charge in [-0.3, -0.25) is 0 Å². The SMILES string of the molecule is Oc1nc(-c2cn3ccnc3c(Cc3cc(F)ccc3F)n2)ncc1Cl. The first kappa shape index (κ1) is 16.3. The molecular formula is C17H10ClF2N5O. The van der Waals surface area contributed by atoms with E-state index in [4.69, 9.17) is 11.6 Å². The van der Waals surface area contributed by atoms with Crippen molar-refractivity contribution >= 4 is 17.2 Å². The minimum Gasteiger partial charge on any atom is -0.492 e. The van der Waals surface area contributed by atoms with Gasteiger partial charge in [-0.15, -0.1) is 0 Å². The van der Waals surface area contributed by atoms with E-state index in [1.807, 2.05) is 0 Å². The molecule has 4 aromatic rings. The molecule has 0 saturated heterocycles. The Morgan fingerprint density at radius 1 is 1.15 bits per heavy atom. The van der Waals surface area contributed by atoms with E-state index in [0.717, 1.165) is 18.2 Å². The largest absolute Gasteiger partial charge is 0.492 e. The molecule has 0 spiro atoms. The van der Waals surface area contributed by atoms with Gasteiger partial charge < -0.3 is 9.51 Å². The van der Waals surface area contributed by atoms with Gasteiger partial charge in [-0.25, -0.2) is 23.7 Å². The van der Waals surface area contributed by atoms with E-state index in [1.54, 1.807) is 23.0 Å². The summed E-state index contributed by atoms with van der Waals surface area (Å²) in [4.78, 5) is 16.6. The normalized spacial score (nSPS) is 11.2. The van der Waals surface area contributed by atoms with E-state index in [1.165, 1.54) is 6.20 Å². The topological polar surface area (TPSA) is 76.2 Å². The maximum atomic E-state index is 14.0. The summed E-state index contributed by atoms with van der Waals surface area (Å²) in [6, 6.07) is 3.24. The molecule has 0 saturated carbocycles. The van der Waals surface area contributed by atoms with Crippen LogP contribution in [0.1, 0.15) is 11.3 Å². The van der Waals surface area contributed by atoms with E-state index in [-0.39, 0.29) is 28.7 Å². The summed E-state index contributed by atoms with van der Waals surface area (Å²) < 4.78 is 29.1. The lowest BCUT2D eigenvalue weighted by Crippen LogP contribution is -2.03. The van der Waals surface area contributed by atoms with Crippen LogP contribution in [0.15, 0.2) is 43.0 Å². The Morgan fingerprint density at radius 3 is 2.81 bits per heavy atom. The van der Waals surface area contributed by atoms with Gasteiger partial charge in [0.2, 0.25) is 5.88 Å². The molecule has 6 nitrogen and oxygen atoms in total. The van der Waals surface area contributed by atoms with E-state index in [0.29, 0.717) is 17.0 Å². The zero-order valence-corrected chi connectivity index (χ0v) is 13.8. The van der Waals surface area contributed by atoms with Crippen molar-refractivity contribution in [3.8, 4) is 17.4 Å². The van der Waals surface area contributed by atoms with Crippen molar-refractivity contribution in [3.63, 3.8) is 0 Å². The van der Waals surface area contributed by atoms with Gasteiger partial charge in [-0.2, -0.15) is 4.98 Å². The maximum absolute atomic E-state index is 14.0. The van der Waals surface area contributed by atoms with Gasteiger partial charge in [0, 0.05) is 25.0 Å². The summed E-state index contributed by atoms with van der Waals surface area (Å²) >= 11 is 5.73. The number of fused-ring (bicyclic) bond motifs is 1. The van der Waals surface area contributed by atoms with E-state index < -0.39 is 11.6 Å². The highest BCUT2D eigenvalue weighted by Gasteiger charge is 2.15. The molecule has 0 atom stereocenters. The highest BCUT2D eigenvalue weighted by atomic mass is 35.5. The molecule has 130 valence electrons. The van der Waals surface area contributed by atoms with Gasteiger partial charge in [0.25, 0.3) is 0 Å². The van der Waals surface area contributed by atoms with Gasteiger partial charge in [-0.1, -0.05) is 11.6 Å². The van der Waals surface area contributed by atoms with Crippen molar-refractivity contribution in [3.05, 3.63) is 70.9 Å². The molecule has 1 aromatic carbocycles. The van der Waals surface area contributed by atoms with Crippen LogP contribution in [0.3, 0.4) is 0 Å². The third-order valence-corrected chi connectivity index (χ3v) is 4.03. The molecule has 0 aliphatic heterocycles. The van der Waals surface area contributed by atoms with E-state index in [2.05, 4.69) is 19.9 Å². The number of rotatable bonds is 3. The summed E-state index contributed by atoms with van der Waals surface area (Å²) in [5.74, 6) is -1.31. The number of aromatic hydroxyl groups is 1. The van der Waals surface area contributed by atoms with Crippen LogP contribution in [0.2, 0.25) is 5.02 Å². The summed E-state index contributed by atoms with van der Waals surface area (Å²) in [5.41, 5.74) is 1.39. The molecule has 0 amide bonds. The minimum atomic E-state index is -0.539. The quantitative estimate of drug-likeness (QED) is 0.595. The zero-order chi connectivity index (χ0) is 18.3. The third kappa shape index (κ3) is 2.95. The molecule has 0 bridgehead atoms. The van der Waals surface area contributed by atoms with Gasteiger partial charge in [0.15, 0.2) is 11.5 Å². The van der Waals surface area contributed by atoms with Crippen LogP contribution < -0.4 is 0 Å². The summed E-state index contributed by atoms with van der Waals surface area (Å²) in [6.45, 7) is 0. The highest BCUT2D eigenvalue weighted by molar-refractivity contribution is 6.31. The van der Waals surface area contributed by atoms with Crippen molar-refractivity contribution in [1.29, 1.82) is 0 Å². The number of hydrogen-bond acceptors (Lipinski definition) is 5. The van der Waals surface area contributed by atoms with Crippen LogP contribution in [0.25, 0.3) is 17.2 Å². The molecule has 26 heavy (non-hydrogen) atoms. The number of benzene rings is 1. The molecule has 9 heteroatoms. The lowest BCUT2D eigenvalue weighted by Gasteiger charge is -2.08. The molecule has 0 unspecified atom stereocenters. The molecule has 0 fully saturated rings. The predicted octanol–water partition coefficient (Wildman–Crippen LogP) is 3.41. The Kier molecular flexibility index (Phi) is 3.96. The summed E-state index contributed by atoms with van der Waals surface area (Å²) in [5, 5.41) is 9.70. The molecule has 1 N–H and O–H groups in total. The first-order valence-corrected chi connectivity index (χ1v) is 7.87. The maximum Gasteiger partial charge on any atom is 0.233 e. The monoisotopic (exact) mass is 373 g/mol. The second-order valence-corrected chi connectivity index (χ2v) is 5.92. The molecule has 0 aliphatic rings. The Hall–Kier alpha value is -3.13. The standard InChI is InChI=1S/C17H10ClF2N5O/c18-11-7-22-15(24-17(11)26)14-8-25-4-3-21-16(25)13(23-14)6-9-5-10(19)1-2-12(9)20/h1-5,7-8H,6H2,(H,22,24,26). The van der Waals surface area contributed by atoms with E-state index in [9.17, 15) is 13.9 Å². The average Bonchev–Trinajstić information content (AvgIpc) is 3.09. The van der Waals surface area contributed by atoms with Crippen LogP contribution in [0, 0.1) is 11.6 Å². The fourth-order valence-electron chi connectivity index (χ4n) is 2.56. The Labute approximate surface area is 150 Å². The summed E-state index contributed by atoms with van der Waals surface area (Å²) in [7, 11) is 0. The van der Waals surface area contributed by atoms with E-state index >= 15 is 0 Å². The van der Waals surface area contributed by atoms with Crippen LogP contribution in [-0.2, 0) is 6.42 Å². The van der Waals surface area contributed by atoms with Crippen LogP contribution in [0.4, 0.5) is 8.78 Å². The molecular weight excluding hydrogens is 364 g/mol. The molecule has 3 aromatic heterocycles. The average molecular weight is 374 g/mol. The van der Waals surface area contributed by atoms with Crippen molar-refractivity contribution < 1.29 is 13.9 Å². The molecule has 3 heterocycles. The second-order valence-electron chi connectivity index (χ2n) is 5.51. The fraction of sp³-hybridized carbons (Fsp3) is 0.0588. The Balaban J connectivity index is 1.85. The smallest absolute Gasteiger partial charge is 0.233 e. The van der Waals surface area contributed by atoms with Crippen molar-refractivity contribution in [2.24, 2.45) is 0 Å². The third-order valence-electron chi connectivity index (χ3n) is 3.76. The van der Waals surface area contributed by atoms with Gasteiger partial charge >= 0.3 is 0 Å². The lowest BCUT2D eigenvalue weighted by molar-refractivity contribution is 0.453. The minimum absolute atomic E-state index is 0.0134. The molecule has 0 radical (unpaired) electrons. The number of aromatic nitrogens is 5. The van der Waals surface area contributed by atoms with Crippen molar-refractivity contribution in [2.45, 2.75) is 6.42 Å². The first-order chi connectivity index (χ1) is 12.5. The van der Waals surface area contributed by atoms with Crippen LogP contribution in [-0.4, -0.2) is 29.4 Å². The number of imidazole rings is 1. The molecule has 0 aliphatic carbocycles. The predicted molar refractivity (Wildman–Crippen MR) is 89.9 cm³/mol. The number of hydrogen-bond donors (Lipinski definition) is 1. The van der Waals surface area contributed by atoms with Gasteiger partial charge in [-0.05, 0) is 23.8 Å². The first-order valence-electron chi connectivity index (χ1n) is 7.49. The molecule has 4 rings (SSSR count). The van der Waals surface area contributed by atoms with Gasteiger partial charge in [0.1, 0.15) is 22.4 Å². The van der Waals surface area contributed by atoms with Crippen LogP contribution in [0.5, 0.6) is 5.88 Å². The van der Waals surface area contributed by atoms with Gasteiger partial charge in [0.05, 0.1) is 11.9 Å². The van der Waals surface area contributed by atoms with Crippen molar-refractivity contribution in [2.75, 3.05) is 0 Å². The van der Waals surface area contributed by atoms with Crippen LogP contribution >= 0.6 is 11.6 Å². The highest BCUT2D eigenvalue weighted by Crippen LogP contribution is 2.24. The lowest BCUT2D eigenvalue weighted by atomic mass is 10.1. The van der Waals surface area contributed by atoms with Crippen molar-refractivity contribution in [1.82, 2.24) is 24.3 Å². The Bertz CT molecular complexity index is 1130. The fourth-order valence-corrected chi connectivity index (χ4v) is 2.65. The summed E-state index contributed by atoms with van der Waals surface area (Å²) in [6.07, 6.45) is 6.15. The second kappa shape index (κ2) is 6.30.